The minimum atomic E-state index is -3.93. The van der Waals surface area contributed by atoms with Gasteiger partial charge in [0.2, 0.25) is 16.8 Å². The lowest BCUT2D eigenvalue weighted by Gasteiger charge is -2.13. The molecule has 3 aromatic carbocycles. The predicted octanol–water partition coefficient (Wildman–Crippen LogP) is 3.29. The molecule has 0 spiro atoms. The van der Waals surface area contributed by atoms with E-state index < -0.39 is 21.7 Å². The van der Waals surface area contributed by atoms with Crippen LogP contribution in [0.25, 0.3) is 0 Å². The van der Waals surface area contributed by atoms with Crippen LogP contribution in [0.15, 0.2) is 65.6 Å². The van der Waals surface area contributed by atoms with Crippen LogP contribution in [-0.2, 0) is 16.6 Å². The smallest absolute Gasteiger partial charge is 0.258 e. The molecule has 32 heavy (non-hydrogen) atoms. The number of hydrogen-bond donors (Lipinski definition) is 2. The van der Waals surface area contributed by atoms with E-state index in [0.29, 0.717) is 17.1 Å². The van der Waals surface area contributed by atoms with Crippen molar-refractivity contribution in [2.45, 2.75) is 11.4 Å². The van der Waals surface area contributed by atoms with Crippen molar-refractivity contribution in [1.29, 1.82) is 0 Å². The second kappa shape index (κ2) is 8.85. The molecule has 0 unspecified atom stereocenters. The van der Waals surface area contributed by atoms with E-state index in [9.17, 15) is 17.6 Å². The van der Waals surface area contributed by atoms with Gasteiger partial charge in [-0.25, -0.2) is 17.5 Å². The Morgan fingerprint density at radius 1 is 1.06 bits per heavy atom. The molecule has 2 N–H and O–H groups in total. The highest BCUT2D eigenvalue weighted by Crippen LogP contribution is 2.33. The van der Waals surface area contributed by atoms with E-state index >= 15 is 0 Å². The van der Waals surface area contributed by atoms with Crippen molar-refractivity contribution < 1.29 is 31.8 Å². The lowest BCUT2D eigenvalue weighted by molar-refractivity contribution is 0.102. The summed E-state index contributed by atoms with van der Waals surface area (Å²) in [4.78, 5) is 12.4. The predicted molar refractivity (Wildman–Crippen MR) is 114 cm³/mol. The summed E-state index contributed by atoms with van der Waals surface area (Å²) in [5, 5.41) is 2.51. The molecule has 0 aromatic heterocycles. The highest BCUT2D eigenvalue weighted by molar-refractivity contribution is 7.89. The molecule has 1 aliphatic heterocycles. The Balaban J connectivity index is 1.54. The van der Waals surface area contributed by atoms with Gasteiger partial charge in [0.05, 0.1) is 23.3 Å². The average Bonchev–Trinajstić information content (AvgIpc) is 3.26. The minimum absolute atomic E-state index is 0.0158. The van der Waals surface area contributed by atoms with Gasteiger partial charge >= 0.3 is 0 Å². The molecule has 0 radical (unpaired) electrons. The van der Waals surface area contributed by atoms with Gasteiger partial charge in [0.15, 0.2) is 11.5 Å². The van der Waals surface area contributed by atoms with Crippen molar-refractivity contribution in [3.8, 4) is 17.2 Å². The Morgan fingerprint density at radius 3 is 2.62 bits per heavy atom. The number of methoxy groups -OCH3 is 1. The van der Waals surface area contributed by atoms with E-state index in [1.165, 1.54) is 43.5 Å². The third-order valence-electron chi connectivity index (χ3n) is 4.75. The zero-order valence-electron chi connectivity index (χ0n) is 16.9. The minimum Gasteiger partial charge on any atom is -0.495 e. The number of anilines is 1. The van der Waals surface area contributed by atoms with E-state index in [1.807, 2.05) is 0 Å². The zero-order chi connectivity index (χ0) is 22.7. The Bertz CT molecular complexity index is 1280. The largest absolute Gasteiger partial charge is 0.495 e. The van der Waals surface area contributed by atoms with Crippen LogP contribution in [0.5, 0.6) is 17.2 Å². The number of halogens is 1. The lowest BCUT2D eigenvalue weighted by atomic mass is 10.2. The average molecular weight is 458 g/mol. The number of carbonyl (C=O) groups is 1. The van der Waals surface area contributed by atoms with Gasteiger partial charge < -0.3 is 19.5 Å². The Kier molecular flexibility index (Phi) is 5.97. The Labute approximate surface area is 184 Å². The van der Waals surface area contributed by atoms with Gasteiger partial charge in [-0.05, 0) is 48.0 Å². The first-order valence-corrected chi connectivity index (χ1v) is 11.0. The van der Waals surface area contributed by atoms with Crippen molar-refractivity contribution in [3.63, 3.8) is 0 Å². The fourth-order valence-electron chi connectivity index (χ4n) is 3.10. The quantitative estimate of drug-likeness (QED) is 0.563. The maximum Gasteiger partial charge on any atom is 0.258 e. The number of fused-ring (bicyclic) bond motifs is 1. The van der Waals surface area contributed by atoms with Gasteiger partial charge in [-0.3, -0.25) is 4.79 Å². The van der Waals surface area contributed by atoms with Crippen molar-refractivity contribution >= 4 is 21.6 Å². The van der Waals surface area contributed by atoms with Gasteiger partial charge in [0.1, 0.15) is 11.6 Å². The number of carbonyl (C=O) groups excluding carboxylic acids is 1. The van der Waals surface area contributed by atoms with Crippen molar-refractivity contribution in [3.05, 3.63) is 77.6 Å². The normalized spacial score (nSPS) is 12.4. The topological polar surface area (TPSA) is 103 Å². The van der Waals surface area contributed by atoms with Crippen LogP contribution in [0.3, 0.4) is 0 Å². The molecule has 0 bridgehead atoms. The van der Waals surface area contributed by atoms with Crippen LogP contribution >= 0.6 is 0 Å². The molecular formula is C22H19FN2O6S. The van der Waals surface area contributed by atoms with E-state index in [0.717, 1.165) is 6.07 Å². The summed E-state index contributed by atoms with van der Waals surface area (Å²) in [7, 11) is -2.56. The van der Waals surface area contributed by atoms with E-state index in [4.69, 9.17) is 14.2 Å². The zero-order valence-corrected chi connectivity index (χ0v) is 17.7. The van der Waals surface area contributed by atoms with Gasteiger partial charge in [-0.15, -0.1) is 0 Å². The SMILES string of the molecule is COc1ccc(S(=O)(=O)NCc2ccc3c(c2)OCO3)cc1NC(=O)c1ccccc1F. The summed E-state index contributed by atoms with van der Waals surface area (Å²) in [5.74, 6) is -0.0573. The molecule has 3 aromatic rings. The third kappa shape index (κ3) is 4.51. The highest BCUT2D eigenvalue weighted by Gasteiger charge is 2.20. The summed E-state index contributed by atoms with van der Waals surface area (Å²) >= 11 is 0. The monoisotopic (exact) mass is 458 g/mol. The van der Waals surface area contributed by atoms with Crippen LogP contribution in [0.1, 0.15) is 15.9 Å². The Hall–Kier alpha value is -3.63. The number of hydrogen-bond acceptors (Lipinski definition) is 6. The molecule has 0 saturated carbocycles. The summed E-state index contributed by atoms with van der Waals surface area (Å²) in [6.45, 7) is 0.139. The van der Waals surface area contributed by atoms with Crippen LogP contribution in [-0.4, -0.2) is 28.2 Å². The highest BCUT2D eigenvalue weighted by atomic mass is 32.2. The number of nitrogens with one attached hydrogen (secondary N) is 2. The van der Waals surface area contributed by atoms with Gasteiger partial charge in [0, 0.05) is 6.54 Å². The van der Waals surface area contributed by atoms with Crippen LogP contribution in [0.2, 0.25) is 0 Å². The summed E-state index contributed by atoms with van der Waals surface area (Å²) < 4.78 is 57.8. The molecule has 4 rings (SSSR count). The molecule has 1 aliphatic rings. The molecule has 0 saturated heterocycles. The maximum atomic E-state index is 13.9. The molecule has 0 fully saturated rings. The molecule has 8 nitrogen and oxygen atoms in total. The van der Waals surface area contributed by atoms with E-state index in [-0.39, 0.29) is 35.2 Å². The number of ether oxygens (including phenoxy) is 3. The second-order valence-electron chi connectivity index (χ2n) is 6.81. The number of sulfonamides is 1. The van der Waals surface area contributed by atoms with Crippen molar-refractivity contribution in [2.75, 3.05) is 19.2 Å². The first kappa shape index (κ1) is 21.6. The van der Waals surface area contributed by atoms with Crippen molar-refractivity contribution in [2.24, 2.45) is 0 Å². The van der Waals surface area contributed by atoms with Crippen LogP contribution in [0.4, 0.5) is 10.1 Å². The first-order chi connectivity index (χ1) is 15.4. The van der Waals surface area contributed by atoms with Gasteiger partial charge in [-0.2, -0.15) is 0 Å². The third-order valence-corrected chi connectivity index (χ3v) is 6.15. The van der Waals surface area contributed by atoms with E-state index in [1.54, 1.807) is 18.2 Å². The number of rotatable bonds is 7. The van der Waals surface area contributed by atoms with Gasteiger partial charge in [-0.1, -0.05) is 18.2 Å². The Morgan fingerprint density at radius 2 is 1.84 bits per heavy atom. The van der Waals surface area contributed by atoms with Crippen molar-refractivity contribution in [1.82, 2.24) is 4.72 Å². The first-order valence-electron chi connectivity index (χ1n) is 9.49. The van der Waals surface area contributed by atoms with Crippen LogP contribution in [0, 0.1) is 5.82 Å². The second-order valence-corrected chi connectivity index (χ2v) is 8.58. The molecule has 0 aliphatic carbocycles. The molecule has 1 heterocycles. The summed E-state index contributed by atoms with van der Waals surface area (Å²) in [6.07, 6.45) is 0. The summed E-state index contributed by atoms with van der Waals surface area (Å²) in [6, 6.07) is 14.6. The fraction of sp³-hybridized carbons (Fsp3) is 0.136. The van der Waals surface area contributed by atoms with E-state index in [2.05, 4.69) is 10.0 Å². The number of benzene rings is 3. The van der Waals surface area contributed by atoms with Gasteiger partial charge in [0.25, 0.3) is 5.91 Å². The van der Waals surface area contributed by atoms with Crippen LogP contribution < -0.4 is 24.2 Å². The molecule has 1 amide bonds. The molecule has 10 heteroatoms. The molecule has 166 valence electrons. The summed E-state index contributed by atoms with van der Waals surface area (Å²) in [5.41, 5.74) is 0.592. The standard InChI is InChI=1S/C22H19FN2O6S/c1-29-19-9-7-15(11-18(19)25-22(26)16-4-2-3-5-17(16)23)32(27,28)24-12-14-6-8-20-21(10-14)31-13-30-20/h2-11,24H,12-13H2,1H3,(H,25,26). The molecular weight excluding hydrogens is 439 g/mol. The fourth-order valence-corrected chi connectivity index (χ4v) is 4.14. The molecule has 0 atom stereocenters. The number of amides is 1. The maximum absolute atomic E-state index is 13.9. The lowest BCUT2D eigenvalue weighted by Crippen LogP contribution is -2.23.